The quantitative estimate of drug-likeness (QED) is 0.637. The van der Waals surface area contributed by atoms with Crippen LogP contribution in [0.4, 0.5) is 5.69 Å². The van der Waals surface area contributed by atoms with Gasteiger partial charge in [0.2, 0.25) is 5.91 Å². The van der Waals surface area contributed by atoms with E-state index in [0.29, 0.717) is 34.3 Å². The van der Waals surface area contributed by atoms with Crippen LogP contribution in [-0.2, 0) is 26.2 Å². The van der Waals surface area contributed by atoms with Gasteiger partial charge in [0, 0.05) is 16.5 Å². The maximum Gasteiger partial charge on any atom is 0.306 e. The monoisotopic (exact) mass is 400 g/mol. The summed E-state index contributed by atoms with van der Waals surface area (Å²) in [4.78, 5) is 23.3. The number of hydrogen-bond acceptors (Lipinski definition) is 5. The predicted molar refractivity (Wildman–Crippen MR) is 97.1 cm³/mol. The Kier molecular flexibility index (Phi) is 7.23. The molecule has 0 aliphatic rings. The maximum atomic E-state index is 11.7. The van der Waals surface area contributed by atoms with Crippen molar-refractivity contribution in [2.75, 3.05) is 18.5 Å². The Labute approximate surface area is 150 Å². The number of hydrogen-bond donors (Lipinski definition) is 3. The Bertz CT molecular complexity index is 624. The average molecular weight is 401 g/mol. The van der Waals surface area contributed by atoms with Crippen molar-refractivity contribution in [3.8, 4) is 5.75 Å². The van der Waals surface area contributed by atoms with Gasteiger partial charge in [-0.3, -0.25) is 9.59 Å². The van der Waals surface area contributed by atoms with Crippen molar-refractivity contribution in [3.05, 3.63) is 21.7 Å². The normalized spacial score (nSPS) is 11.2. The van der Waals surface area contributed by atoms with E-state index in [2.05, 4.69) is 21.2 Å². The SMILES string of the molecule is CCOC(=O)CCc1cc(Br)c(NC(=O)CN)c(C(C)(C)C)c1O. The molecule has 6 nitrogen and oxygen atoms in total. The number of phenolic OH excluding ortho intramolecular Hbond substituents is 1. The van der Waals surface area contributed by atoms with Gasteiger partial charge in [0.05, 0.1) is 18.8 Å². The average Bonchev–Trinajstić information content (AvgIpc) is 2.48. The summed E-state index contributed by atoms with van der Waals surface area (Å²) >= 11 is 3.44. The zero-order chi connectivity index (χ0) is 18.5. The summed E-state index contributed by atoms with van der Waals surface area (Å²) in [6.07, 6.45) is 0.517. The molecule has 0 aromatic heterocycles. The van der Waals surface area contributed by atoms with Gasteiger partial charge in [-0.2, -0.15) is 0 Å². The second kappa shape index (κ2) is 8.48. The minimum absolute atomic E-state index is 0.0716. The standard InChI is InChI=1S/C17H25BrN2O4/c1-5-24-13(22)7-6-10-8-11(18)15(20-12(21)9-19)14(16(10)23)17(2,3)4/h8,23H,5-7,9,19H2,1-4H3,(H,20,21). The second-order valence-corrected chi connectivity index (χ2v) is 7.28. The molecule has 134 valence electrons. The molecule has 0 fully saturated rings. The lowest BCUT2D eigenvalue weighted by Crippen LogP contribution is -2.25. The molecule has 7 heteroatoms. The number of benzene rings is 1. The van der Waals surface area contributed by atoms with E-state index < -0.39 is 5.41 Å². The van der Waals surface area contributed by atoms with Crippen LogP contribution in [0.25, 0.3) is 0 Å². The summed E-state index contributed by atoms with van der Waals surface area (Å²) in [7, 11) is 0. The molecule has 0 atom stereocenters. The highest BCUT2D eigenvalue weighted by Gasteiger charge is 2.27. The summed E-state index contributed by atoms with van der Waals surface area (Å²) in [5.74, 6) is -0.590. The van der Waals surface area contributed by atoms with E-state index in [9.17, 15) is 14.7 Å². The van der Waals surface area contributed by atoms with E-state index in [1.807, 2.05) is 20.8 Å². The number of aryl methyl sites for hydroxylation is 1. The first-order valence-electron chi connectivity index (χ1n) is 7.82. The third-order valence-electron chi connectivity index (χ3n) is 3.43. The van der Waals surface area contributed by atoms with Gasteiger partial charge in [-0.1, -0.05) is 20.8 Å². The number of halogens is 1. The van der Waals surface area contributed by atoms with E-state index in [4.69, 9.17) is 10.5 Å². The van der Waals surface area contributed by atoms with Gasteiger partial charge in [-0.15, -0.1) is 0 Å². The third kappa shape index (κ3) is 5.21. The molecule has 1 aromatic rings. The van der Waals surface area contributed by atoms with E-state index in [-0.39, 0.29) is 30.6 Å². The van der Waals surface area contributed by atoms with Crippen LogP contribution in [0.5, 0.6) is 5.75 Å². The largest absolute Gasteiger partial charge is 0.507 e. The number of esters is 1. The molecular weight excluding hydrogens is 376 g/mol. The molecule has 0 saturated carbocycles. The minimum Gasteiger partial charge on any atom is -0.507 e. The Morgan fingerprint density at radius 1 is 1.38 bits per heavy atom. The lowest BCUT2D eigenvalue weighted by molar-refractivity contribution is -0.143. The van der Waals surface area contributed by atoms with Gasteiger partial charge in [0.1, 0.15) is 5.75 Å². The molecule has 0 radical (unpaired) electrons. The molecular formula is C17H25BrN2O4. The van der Waals surface area contributed by atoms with Gasteiger partial charge in [-0.25, -0.2) is 0 Å². The van der Waals surface area contributed by atoms with Crippen LogP contribution >= 0.6 is 15.9 Å². The minimum atomic E-state index is -0.427. The Hall–Kier alpha value is -1.60. The maximum absolute atomic E-state index is 11.7. The summed E-state index contributed by atoms with van der Waals surface area (Å²) in [6, 6.07) is 1.70. The number of aromatic hydroxyl groups is 1. The molecule has 4 N–H and O–H groups in total. The van der Waals surface area contributed by atoms with Crippen molar-refractivity contribution >= 4 is 33.5 Å². The van der Waals surface area contributed by atoms with Crippen LogP contribution in [0.3, 0.4) is 0 Å². The number of rotatable bonds is 6. The third-order valence-corrected chi connectivity index (χ3v) is 4.06. The number of nitrogens with one attached hydrogen (secondary N) is 1. The smallest absolute Gasteiger partial charge is 0.306 e. The van der Waals surface area contributed by atoms with Crippen molar-refractivity contribution in [1.29, 1.82) is 0 Å². The number of amides is 1. The predicted octanol–water partition coefficient (Wildman–Crippen LogP) is 2.85. The van der Waals surface area contributed by atoms with Crippen LogP contribution in [0.2, 0.25) is 0 Å². The summed E-state index contributed by atoms with van der Waals surface area (Å²) in [5, 5.41) is 13.4. The molecule has 0 aliphatic heterocycles. The van der Waals surface area contributed by atoms with Crippen molar-refractivity contribution < 1.29 is 19.4 Å². The summed E-state index contributed by atoms with van der Waals surface area (Å²) in [5.41, 5.74) is 6.65. The number of anilines is 1. The molecule has 1 aromatic carbocycles. The Morgan fingerprint density at radius 2 is 2.00 bits per heavy atom. The van der Waals surface area contributed by atoms with E-state index in [1.54, 1.807) is 13.0 Å². The number of nitrogens with two attached hydrogens (primary N) is 1. The zero-order valence-corrected chi connectivity index (χ0v) is 16.1. The molecule has 0 aliphatic carbocycles. The van der Waals surface area contributed by atoms with Crippen LogP contribution < -0.4 is 11.1 Å². The van der Waals surface area contributed by atoms with E-state index in [1.165, 1.54) is 0 Å². The van der Waals surface area contributed by atoms with Crippen molar-refractivity contribution in [2.45, 2.75) is 46.0 Å². The lowest BCUT2D eigenvalue weighted by atomic mass is 9.83. The van der Waals surface area contributed by atoms with Crippen LogP contribution in [0.15, 0.2) is 10.5 Å². The van der Waals surface area contributed by atoms with Crippen LogP contribution in [0.1, 0.15) is 45.2 Å². The summed E-state index contributed by atoms with van der Waals surface area (Å²) in [6.45, 7) is 7.72. The molecule has 0 unspecified atom stereocenters. The molecule has 0 heterocycles. The molecule has 0 saturated heterocycles. The van der Waals surface area contributed by atoms with E-state index in [0.717, 1.165) is 0 Å². The topological polar surface area (TPSA) is 102 Å². The molecule has 0 bridgehead atoms. The van der Waals surface area contributed by atoms with Crippen molar-refractivity contribution in [1.82, 2.24) is 0 Å². The van der Waals surface area contributed by atoms with Gasteiger partial charge in [-0.05, 0) is 46.3 Å². The highest BCUT2D eigenvalue weighted by molar-refractivity contribution is 9.10. The molecule has 1 rings (SSSR count). The first-order valence-corrected chi connectivity index (χ1v) is 8.61. The van der Waals surface area contributed by atoms with Gasteiger partial charge >= 0.3 is 5.97 Å². The molecule has 0 spiro atoms. The highest BCUT2D eigenvalue weighted by Crippen LogP contribution is 2.43. The van der Waals surface area contributed by atoms with Crippen molar-refractivity contribution in [2.24, 2.45) is 5.73 Å². The van der Waals surface area contributed by atoms with Gasteiger partial charge in [0.15, 0.2) is 0 Å². The highest BCUT2D eigenvalue weighted by atomic mass is 79.9. The fourth-order valence-electron chi connectivity index (χ4n) is 2.40. The van der Waals surface area contributed by atoms with E-state index >= 15 is 0 Å². The zero-order valence-electron chi connectivity index (χ0n) is 14.5. The fourth-order valence-corrected chi connectivity index (χ4v) is 2.97. The van der Waals surface area contributed by atoms with Crippen LogP contribution in [0, 0.1) is 0 Å². The first-order chi connectivity index (χ1) is 11.1. The first kappa shape index (κ1) is 20.4. The molecule has 1 amide bonds. The number of phenols is 1. The molecule has 24 heavy (non-hydrogen) atoms. The lowest BCUT2D eigenvalue weighted by Gasteiger charge is -2.27. The Morgan fingerprint density at radius 3 is 2.50 bits per heavy atom. The summed E-state index contributed by atoms with van der Waals surface area (Å²) < 4.78 is 5.55. The van der Waals surface area contributed by atoms with Crippen LogP contribution in [-0.4, -0.2) is 30.1 Å². The van der Waals surface area contributed by atoms with Crippen molar-refractivity contribution in [3.63, 3.8) is 0 Å². The number of ether oxygens (including phenoxy) is 1. The van der Waals surface area contributed by atoms with Gasteiger partial charge in [0.25, 0.3) is 0 Å². The number of carbonyl (C=O) groups is 2. The fraction of sp³-hybridized carbons (Fsp3) is 0.529. The second-order valence-electron chi connectivity index (χ2n) is 6.42. The number of carbonyl (C=O) groups excluding carboxylic acids is 2. The Balaban J connectivity index is 3.28. The van der Waals surface area contributed by atoms with Gasteiger partial charge < -0.3 is 20.9 Å².